The van der Waals surface area contributed by atoms with Gasteiger partial charge in [0.05, 0.1) is 16.3 Å². The fraction of sp³-hybridized carbons (Fsp3) is 0.222. The fourth-order valence-electron chi connectivity index (χ4n) is 2.25. The molecule has 3 aromatic rings. The van der Waals surface area contributed by atoms with Crippen LogP contribution in [0.2, 0.25) is 5.02 Å². The van der Waals surface area contributed by atoms with Crippen molar-refractivity contribution >= 4 is 39.1 Å². The average molecular weight is 361 g/mol. The van der Waals surface area contributed by atoms with Crippen LogP contribution in [0.3, 0.4) is 0 Å². The molecule has 0 bridgehead atoms. The Balaban J connectivity index is 1.66. The van der Waals surface area contributed by atoms with E-state index >= 15 is 0 Å². The second-order valence-corrected chi connectivity index (χ2v) is 6.95. The molecule has 3 rings (SSSR count). The number of carbonyl (C=O) groups is 1. The monoisotopic (exact) mass is 360 g/mol. The Kier molecular flexibility index (Phi) is 5.02. The van der Waals surface area contributed by atoms with Crippen molar-refractivity contribution in [1.82, 2.24) is 9.88 Å². The van der Waals surface area contributed by atoms with Crippen LogP contribution in [0.1, 0.15) is 18.0 Å². The van der Waals surface area contributed by atoms with Crippen LogP contribution < -0.4 is 4.74 Å². The van der Waals surface area contributed by atoms with E-state index in [0.29, 0.717) is 10.8 Å². The van der Waals surface area contributed by atoms with Gasteiger partial charge in [-0.15, -0.1) is 11.3 Å². The van der Waals surface area contributed by atoms with Crippen LogP contribution in [0.5, 0.6) is 5.75 Å². The van der Waals surface area contributed by atoms with Gasteiger partial charge in [0.25, 0.3) is 5.91 Å². The summed E-state index contributed by atoms with van der Waals surface area (Å²) in [6, 6.07) is 14.9. The van der Waals surface area contributed by atoms with Gasteiger partial charge in [-0.25, -0.2) is 4.98 Å². The SMILES string of the molecule is C[C@@H](c1nc2ccccc2s1)N(C)C(=O)COc1cccc(Cl)c1. The van der Waals surface area contributed by atoms with Crippen LogP contribution in [0, 0.1) is 0 Å². The number of amides is 1. The van der Waals surface area contributed by atoms with E-state index in [0.717, 1.165) is 15.2 Å². The van der Waals surface area contributed by atoms with E-state index in [4.69, 9.17) is 16.3 Å². The number of fused-ring (bicyclic) bond motifs is 1. The number of hydrogen-bond acceptors (Lipinski definition) is 4. The topological polar surface area (TPSA) is 42.4 Å². The molecule has 1 amide bonds. The van der Waals surface area contributed by atoms with Crippen LogP contribution in [-0.2, 0) is 4.79 Å². The van der Waals surface area contributed by atoms with Crippen molar-refractivity contribution in [2.75, 3.05) is 13.7 Å². The first-order valence-electron chi connectivity index (χ1n) is 7.54. The quantitative estimate of drug-likeness (QED) is 0.670. The zero-order chi connectivity index (χ0) is 17.1. The zero-order valence-electron chi connectivity index (χ0n) is 13.4. The molecule has 0 spiro atoms. The largest absolute Gasteiger partial charge is 0.484 e. The van der Waals surface area contributed by atoms with Gasteiger partial charge in [-0.3, -0.25) is 4.79 Å². The van der Waals surface area contributed by atoms with Gasteiger partial charge in [0, 0.05) is 12.1 Å². The number of nitrogens with zero attached hydrogens (tertiary/aromatic N) is 2. The molecule has 2 aromatic carbocycles. The molecule has 0 saturated carbocycles. The Morgan fingerprint density at radius 2 is 2.08 bits per heavy atom. The van der Waals surface area contributed by atoms with Gasteiger partial charge in [0.2, 0.25) is 0 Å². The third-order valence-electron chi connectivity index (χ3n) is 3.80. The minimum Gasteiger partial charge on any atom is -0.484 e. The van der Waals surface area contributed by atoms with E-state index in [2.05, 4.69) is 4.98 Å². The van der Waals surface area contributed by atoms with Gasteiger partial charge in [-0.2, -0.15) is 0 Å². The van der Waals surface area contributed by atoms with Gasteiger partial charge >= 0.3 is 0 Å². The van der Waals surface area contributed by atoms with E-state index in [-0.39, 0.29) is 18.6 Å². The van der Waals surface area contributed by atoms with Crippen molar-refractivity contribution in [3.8, 4) is 5.75 Å². The van der Waals surface area contributed by atoms with Crippen molar-refractivity contribution in [2.24, 2.45) is 0 Å². The lowest BCUT2D eigenvalue weighted by Gasteiger charge is -2.23. The smallest absolute Gasteiger partial charge is 0.260 e. The molecule has 1 heterocycles. The molecule has 1 aromatic heterocycles. The molecule has 4 nitrogen and oxygen atoms in total. The molecule has 0 aliphatic carbocycles. The number of hydrogen-bond donors (Lipinski definition) is 0. The number of likely N-dealkylation sites (N-methyl/N-ethyl adjacent to an activating group) is 1. The highest BCUT2D eigenvalue weighted by atomic mass is 35.5. The maximum absolute atomic E-state index is 12.4. The fourth-order valence-corrected chi connectivity index (χ4v) is 3.50. The molecule has 124 valence electrons. The summed E-state index contributed by atoms with van der Waals surface area (Å²) >= 11 is 7.51. The summed E-state index contributed by atoms with van der Waals surface area (Å²) in [7, 11) is 1.76. The number of para-hydroxylation sites is 1. The number of thiazole rings is 1. The Hall–Kier alpha value is -2.11. The highest BCUT2D eigenvalue weighted by molar-refractivity contribution is 7.18. The first-order valence-corrected chi connectivity index (χ1v) is 8.73. The number of ether oxygens (including phenoxy) is 1. The summed E-state index contributed by atoms with van der Waals surface area (Å²) in [6.07, 6.45) is 0. The molecule has 0 radical (unpaired) electrons. The summed E-state index contributed by atoms with van der Waals surface area (Å²) in [5.74, 6) is 0.471. The summed E-state index contributed by atoms with van der Waals surface area (Å²) in [5, 5.41) is 1.49. The molecule has 0 aliphatic heterocycles. The van der Waals surface area contributed by atoms with Gasteiger partial charge in [-0.1, -0.05) is 29.8 Å². The molecule has 0 fully saturated rings. The summed E-state index contributed by atoms with van der Waals surface area (Å²) in [6.45, 7) is 1.93. The summed E-state index contributed by atoms with van der Waals surface area (Å²) in [4.78, 5) is 18.6. The van der Waals surface area contributed by atoms with Gasteiger partial charge in [0.1, 0.15) is 10.8 Å². The first kappa shape index (κ1) is 16.7. The number of rotatable bonds is 5. The summed E-state index contributed by atoms with van der Waals surface area (Å²) < 4.78 is 6.64. The molecular weight excluding hydrogens is 344 g/mol. The molecule has 0 unspecified atom stereocenters. The predicted octanol–water partition coefficient (Wildman–Crippen LogP) is 4.55. The highest BCUT2D eigenvalue weighted by Crippen LogP contribution is 2.28. The second kappa shape index (κ2) is 7.20. The Morgan fingerprint density at radius 3 is 2.83 bits per heavy atom. The second-order valence-electron chi connectivity index (χ2n) is 5.45. The van der Waals surface area contributed by atoms with Crippen LogP contribution >= 0.6 is 22.9 Å². The van der Waals surface area contributed by atoms with Crippen LogP contribution in [-0.4, -0.2) is 29.4 Å². The van der Waals surface area contributed by atoms with Crippen LogP contribution in [0.25, 0.3) is 10.2 Å². The lowest BCUT2D eigenvalue weighted by atomic mass is 10.3. The molecular formula is C18H17ClN2O2S. The Morgan fingerprint density at radius 1 is 1.29 bits per heavy atom. The third kappa shape index (κ3) is 3.68. The maximum Gasteiger partial charge on any atom is 0.260 e. The zero-order valence-corrected chi connectivity index (χ0v) is 15.0. The molecule has 0 N–H and O–H groups in total. The van der Waals surface area contributed by atoms with E-state index in [1.807, 2.05) is 31.2 Å². The van der Waals surface area contributed by atoms with Gasteiger partial charge in [0.15, 0.2) is 6.61 Å². The van der Waals surface area contributed by atoms with Gasteiger partial charge in [-0.05, 0) is 37.3 Å². The Labute approximate surface area is 149 Å². The lowest BCUT2D eigenvalue weighted by molar-refractivity contribution is -0.134. The van der Waals surface area contributed by atoms with Crippen molar-refractivity contribution in [3.63, 3.8) is 0 Å². The summed E-state index contributed by atoms with van der Waals surface area (Å²) in [5.41, 5.74) is 0.959. The molecule has 0 aliphatic rings. The van der Waals surface area contributed by atoms with Crippen LogP contribution in [0.4, 0.5) is 0 Å². The standard InChI is InChI=1S/C18H17ClN2O2S/c1-12(18-20-15-8-3-4-9-16(15)24-18)21(2)17(22)11-23-14-7-5-6-13(19)10-14/h3-10,12H,11H2,1-2H3/t12-/m0/s1. The van der Waals surface area contributed by atoms with E-state index < -0.39 is 0 Å². The Bertz CT molecular complexity index is 832. The minimum atomic E-state index is -0.113. The molecule has 0 saturated heterocycles. The molecule has 1 atom stereocenters. The van der Waals surface area contributed by atoms with Crippen molar-refractivity contribution in [3.05, 3.63) is 58.6 Å². The molecule has 6 heteroatoms. The van der Waals surface area contributed by atoms with Crippen molar-refractivity contribution < 1.29 is 9.53 Å². The molecule has 24 heavy (non-hydrogen) atoms. The number of halogens is 1. The van der Waals surface area contributed by atoms with Crippen molar-refractivity contribution in [2.45, 2.75) is 13.0 Å². The maximum atomic E-state index is 12.4. The normalized spacial score (nSPS) is 12.1. The average Bonchev–Trinajstić information content (AvgIpc) is 3.02. The first-order chi connectivity index (χ1) is 11.5. The lowest BCUT2D eigenvalue weighted by Crippen LogP contribution is -2.33. The third-order valence-corrected chi connectivity index (χ3v) is 5.24. The van der Waals surface area contributed by atoms with Crippen molar-refractivity contribution in [1.29, 1.82) is 0 Å². The van der Waals surface area contributed by atoms with Gasteiger partial charge < -0.3 is 9.64 Å². The minimum absolute atomic E-state index is 0.0356. The number of carbonyl (C=O) groups excluding carboxylic acids is 1. The van der Waals surface area contributed by atoms with E-state index in [1.165, 1.54) is 0 Å². The number of aromatic nitrogens is 1. The van der Waals surface area contributed by atoms with E-state index in [9.17, 15) is 4.79 Å². The van der Waals surface area contributed by atoms with E-state index in [1.54, 1.807) is 47.5 Å². The van der Waals surface area contributed by atoms with Crippen LogP contribution in [0.15, 0.2) is 48.5 Å². The predicted molar refractivity (Wildman–Crippen MR) is 97.8 cm³/mol. The highest BCUT2D eigenvalue weighted by Gasteiger charge is 2.21. The number of benzene rings is 2.